The quantitative estimate of drug-likeness (QED) is 0.783. The smallest absolute Gasteiger partial charge is 0.0595 e. The average Bonchev–Trinajstić information content (AvgIpc) is 3.32. The Morgan fingerprint density at radius 1 is 1.00 bits per heavy atom. The van der Waals surface area contributed by atoms with Crippen LogP contribution in [0.5, 0.6) is 0 Å². The molecule has 110 valence electrons. The van der Waals surface area contributed by atoms with Gasteiger partial charge in [0, 0.05) is 18.5 Å². The maximum atomic E-state index is 6.13. The van der Waals surface area contributed by atoms with Crippen molar-refractivity contribution in [3.63, 3.8) is 0 Å². The van der Waals surface area contributed by atoms with Gasteiger partial charge in [-0.05, 0) is 42.5 Å². The van der Waals surface area contributed by atoms with Gasteiger partial charge in [-0.15, -0.1) is 0 Å². The minimum Gasteiger partial charge on any atom is -0.313 e. The lowest BCUT2D eigenvalue weighted by molar-refractivity contribution is 0.577. The summed E-state index contributed by atoms with van der Waals surface area (Å²) in [7, 11) is 0. The van der Waals surface area contributed by atoms with Crippen LogP contribution >= 0.6 is 23.2 Å². The highest BCUT2D eigenvalue weighted by atomic mass is 35.5. The molecule has 21 heavy (non-hydrogen) atoms. The lowest BCUT2D eigenvalue weighted by Gasteiger charge is -2.18. The first-order valence-electron chi connectivity index (χ1n) is 7.44. The van der Waals surface area contributed by atoms with Gasteiger partial charge < -0.3 is 5.32 Å². The van der Waals surface area contributed by atoms with Crippen molar-refractivity contribution in [3.8, 4) is 0 Å². The molecule has 0 aliphatic heterocycles. The summed E-state index contributed by atoms with van der Waals surface area (Å²) < 4.78 is 0. The zero-order chi connectivity index (χ0) is 14.7. The predicted octanol–water partition coefficient (Wildman–Crippen LogP) is 5.07. The van der Waals surface area contributed by atoms with Gasteiger partial charge in [-0.3, -0.25) is 0 Å². The van der Waals surface area contributed by atoms with Crippen molar-refractivity contribution in [2.75, 3.05) is 6.54 Å². The molecule has 0 radical (unpaired) electrons. The molecule has 0 aromatic heterocycles. The van der Waals surface area contributed by atoms with Crippen LogP contribution in [0.15, 0.2) is 48.5 Å². The molecule has 1 N–H and O–H groups in total. The minimum absolute atomic E-state index is 0.462. The van der Waals surface area contributed by atoms with E-state index in [4.69, 9.17) is 23.2 Å². The van der Waals surface area contributed by atoms with E-state index in [0.717, 1.165) is 19.0 Å². The summed E-state index contributed by atoms with van der Waals surface area (Å²) in [4.78, 5) is 0. The number of hydrogen-bond donors (Lipinski definition) is 1. The maximum Gasteiger partial charge on any atom is 0.0595 e. The second-order valence-electron chi connectivity index (χ2n) is 5.74. The highest BCUT2D eigenvalue weighted by Crippen LogP contribution is 2.27. The fourth-order valence-corrected chi connectivity index (χ4v) is 2.90. The van der Waals surface area contributed by atoms with Crippen LogP contribution in [0.25, 0.3) is 0 Å². The summed E-state index contributed by atoms with van der Waals surface area (Å²) in [6, 6.07) is 17.3. The van der Waals surface area contributed by atoms with Crippen LogP contribution in [0, 0.1) is 0 Å². The monoisotopic (exact) mass is 319 g/mol. The van der Waals surface area contributed by atoms with Crippen LogP contribution in [0.1, 0.15) is 29.9 Å². The van der Waals surface area contributed by atoms with Crippen LogP contribution in [-0.4, -0.2) is 12.6 Å². The highest BCUT2D eigenvalue weighted by molar-refractivity contribution is 6.42. The third-order valence-electron chi connectivity index (χ3n) is 3.97. The van der Waals surface area contributed by atoms with E-state index in [0.29, 0.717) is 16.0 Å². The lowest BCUT2D eigenvalue weighted by Crippen LogP contribution is -2.24. The van der Waals surface area contributed by atoms with E-state index < -0.39 is 0 Å². The number of nitrogens with one attached hydrogen (secondary N) is 1. The molecule has 1 aliphatic rings. The van der Waals surface area contributed by atoms with E-state index in [2.05, 4.69) is 41.7 Å². The van der Waals surface area contributed by atoms with Crippen LogP contribution < -0.4 is 5.32 Å². The van der Waals surface area contributed by atoms with E-state index in [1.165, 1.54) is 24.0 Å². The third-order valence-corrected chi connectivity index (χ3v) is 4.71. The Morgan fingerprint density at radius 3 is 2.43 bits per heavy atom. The lowest BCUT2D eigenvalue weighted by atomic mass is 9.92. The van der Waals surface area contributed by atoms with Gasteiger partial charge in [-0.1, -0.05) is 59.6 Å². The van der Waals surface area contributed by atoms with Gasteiger partial charge in [-0.2, -0.15) is 0 Å². The average molecular weight is 320 g/mol. The molecule has 1 atom stereocenters. The Balaban J connectivity index is 1.75. The number of halogens is 2. The summed E-state index contributed by atoms with van der Waals surface area (Å²) >= 11 is 12.1. The Hall–Kier alpha value is -1.02. The van der Waals surface area contributed by atoms with E-state index in [1.807, 2.05) is 12.1 Å². The van der Waals surface area contributed by atoms with Crippen LogP contribution in [0.4, 0.5) is 0 Å². The van der Waals surface area contributed by atoms with Crippen molar-refractivity contribution >= 4 is 23.2 Å². The molecular weight excluding hydrogens is 301 g/mol. The summed E-state index contributed by atoms with van der Waals surface area (Å²) in [5.74, 6) is 0.462. The van der Waals surface area contributed by atoms with E-state index in [1.54, 1.807) is 0 Å². The second kappa shape index (κ2) is 6.83. The van der Waals surface area contributed by atoms with Gasteiger partial charge in [0.05, 0.1) is 10.0 Å². The normalized spacial score (nSPS) is 15.9. The van der Waals surface area contributed by atoms with Crippen molar-refractivity contribution < 1.29 is 0 Å². The van der Waals surface area contributed by atoms with Crippen molar-refractivity contribution in [1.29, 1.82) is 0 Å². The SMILES string of the molecule is Clc1ccc(CC(CNC2CC2)c2ccccc2)cc1Cl. The predicted molar refractivity (Wildman–Crippen MR) is 90.4 cm³/mol. The molecule has 1 nitrogen and oxygen atoms in total. The summed E-state index contributed by atoms with van der Waals surface area (Å²) in [6.07, 6.45) is 3.60. The van der Waals surface area contributed by atoms with Crippen molar-refractivity contribution in [3.05, 3.63) is 69.7 Å². The van der Waals surface area contributed by atoms with Gasteiger partial charge in [-0.25, -0.2) is 0 Å². The van der Waals surface area contributed by atoms with Crippen LogP contribution in [-0.2, 0) is 6.42 Å². The topological polar surface area (TPSA) is 12.0 Å². The van der Waals surface area contributed by atoms with E-state index in [9.17, 15) is 0 Å². The molecule has 0 bridgehead atoms. The molecular formula is C18H19Cl2N. The molecule has 1 unspecified atom stereocenters. The molecule has 0 heterocycles. The summed E-state index contributed by atoms with van der Waals surface area (Å²) in [5, 5.41) is 4.90. The third kappa shape index (κ3) is 4.23. The van der Waals surface area contributed by atoms with E-state index >= 15 is 0 Å². The first kappa shape index (κ1) is 14.9. The molecule has 2 aromatic carbocycles. The van der Waals surface area contributed by atoms with Gasteiger partial charge in [0.25, 0.3) is 0 Å². The summed E-state index contributed by atoms with van der Waals surface area (Å²) in [6.45, 7) is 1.01. The Bertz CT molecular complexity index is 593. The molecule has 3 heteroatoms. The molecule has 0 saturated heterocycles. The van der Waals surface area contributed by atoms with E-state index in [-0.39, 0.29) is 0 Å². The molecule has 1 saturated carbocycles. The standard InChI is InChI=1S/C18H19Cl2N/c19-17-9-6-13(11-18(17)20)10-15(12-21-16-7-8-16)14-4-2-1-3-5-14/h1-6,9,11,15-16,21H,7-8,10,12H2. The fraction of sp³-hybridized carbons (Fsp3) is 0.333. The molecule has 2 aromatic rings. The fourth-order valence-electron chi connectivity index (χ4n) is 2.58. The van der Waals surface area contributed by atoms with Crippen LogP contribution in [0.2, 0.25) is 10.0 Å². The number of rotatable bonds is 6. The van der Waals surface area contributed by atoms with Gasteiger partial charge in [0.1, 0.15) is 0 Å². The molecule has 1 fully saturated rings. The first-order valence-corrected chi connectivity index (χ1v) is 8.20. The second-order valence-corrected chi connectivity index (χ2v) is 6.56. The van der Waals surface area contributed by atoms with Gasteiger partial charge >= 0.3 is 0 Å². The Morgan fingerprint density at radius 2 is 1.76 bits per heavy atom. The van der Waals surface area contributed by atoms with Crippen LogP contribution in [0.3, 0.4) is 0 Å². The van der Waals surface area contributed by atoms with Crippen molar-refractivity contribution in [2.45, 2.75) is 31.2 Å². The molecule has 1 aliphatic carbocycles. The summed E-state index contributed by atoms with van der Waals surface area (Å²) in [5.41, 5.74) is 2.60. The largest absolute Gasteiger partial charge is 0.313 e. The Labute approximate surface area is 136 Å². The molecule has 3 rings (SSSR count). The van der Waals surface area contributed by atoms with Gasteiger partial charge in [0.2, 0.25) is 0 Å². The van der Waals surface area contributed by atoms with Crippen molar-refractivity contribution in [1.82, 2.24) is 5.32 Å². The van der Waals surface area contributed by atoms with Crippen molar-refractivity contribution in [2.24, 2.45) is 0 Å². The maximum absolute atomic E-state index is 6.13. The zero-order valence-electron chi connectivity index (χ0n) is 11.9. The minimum atomic E-state index is 0.462. The molecule has 0 spiro atoms. The van der Waals surface area contributed by atoms with Gasteiger partial charge in [0.15, 0.2) is 0 Å². The highest BCUT2D eigenvalue weighted by Gasteiger charge is 2.22. The first-order chi connectivity index (χ1) is 10.2. The molecule has 0 amide bonds. The number of benzene rings is 2. The number of hydrogen-bond acceptors (Lipinski definition) is 1. The zero-order valence-corrected chi connectivity index (χ0v) is 13.4. The Kier molecular flexibility index (Phi) is 4.84.